The lowest BCUT2D eigenvalue weighted by atomic mass is 10.3. The van der Waals surface area contributed by atoms with Gasteiger partial charge in [-0.05, 0) is 24.3 Å². The second-order valence-electron chi connectivity index (χ2n) is 4.14. The molecular weight excluding hydrogens is 244 g/mol. The number of rotatable bonds is 3. The van der Waals surface area contributed by atoms with Crippen LogP contribution in [0.15, 0.2) is 103 Å². The molecule has 0 radical (unpaired) electrons. The van der Waals surface area contributed by atoms with Gasteiger partial charge in [0.1, 0.15) is 0 Å². The first-order valence-electron chi connectivity index (χ1n) is 6.57. The molecule has 20 heavy (non-hydrogen) atoms. The van der Waals surface area contributed by atoms with E-state index in [1.54, 1.807) is 0 Å². The van der Waals surface area contributed by atoms with E-state index in [9.17, 15) is 0 Å². The van der Waals surface area contributed by atoms with Crippen molar-refractivity contribution < 1.29 is 0 Å². The number of hydrogen-bond donors (Lipinski definition) is 2. The quantitative estimate of drug-likeness (QED) is 0.794. The van der Waals surface area contributed by atoms with E-state index in [1.807, 2.05) is 97.1 Å². The number of anilines is 1. The summed E-state index contributed by atoms with van der Waals surface area (Å²) in [6.45, 7) is 0. The molecule has 1 aromatic rings. The fourth-order valence-electron chi connectivity index (χ4n) is 1.57. The summed E-state index contributed by atoms with van der Waals surface area (Å²) in [6.07, 6.45) is 14.0. The average Bonchev–Trinajstić information content (AvgIpc) is 2.44. The van der Waals surface area contributed by atoms with Crippen LogP contribution in [0.1, 0.15) is 0 Å². The summed E-state index contributed by atoms with van der Waals surface area (Å²) in [7, 11) is 0. The molecule has 0 unspecified atom stereocenters. The van der Waals surface area contributed by atoms with Gasteiger partial charge in [-0.25, -0.2) is 0 Å². The van der Waals surface area contributed by atoms with Gasteiger partial charge >= 0.3 is 0 Å². The summed E-state index contributed by atoms with van der Waals surface area (Å²) >= 11 is 0. The highest BCUT2D eigenvalue weighted by Gasteiger charge is 1.90. The first-order valence-corrected chi connectivity index (χ1v) is 6.57. The van der Waals surface area contributed by atoms with E-state index in [2.05, 4.69) is 10.9 Å². The molecule has 0 saturated heterocycles. The first-order chi connectivity index (χ1) is 9.95. The van der Waals surface area contributed by atoms with Gasteiger partial charge in [0.15, 0.2) is 0 Å². The van der Waals surface area contributed by atoms with Gasteiger partial charge < -0.3 is 10.9 Å². The number of nitrogens with one attached hydrogen (secondary N) is 2. The van der Waals surface area contributed by atoms with Gasteiger partial charge in [0, 0.05) is 0 Å². The molecule has 2 heteroatoms. The zero-order valence-corrected chi connectivity index (χ0v) is 11.2. The molecule has 0 fully saturated rings. The van der Waals surface area contributed by atoms with Crippen molar-refractivity contribution in [1.29, 1.82) is 0 Å². The maximum Gasteiger partial charge on any atom is 0.0539 e. The van der Waals surface area contributed by atoms with E-state index < -0.39 is 0 Å². The molecule has 2 nitrogen and oxygen atoms in total. The topological polar surface area (TPSA) is 24.1 Å². The summed E-state index contributed by atoms with van der Waals surface area (Å²) in [5.41, 5.74) is 8.36. The van der Waals surface area contributed by atoms with E-state index in [0.717, 1.165) is 11.4 Å². The maximum atomic E-state index is 3.19. The van der Waals surface area contributed by atoms with E-state index in [-0.39, 0.29) is 0 Å². The molecule has 0 aliphatic heterocycles. The van der Waals surface area contributed by atoms with Crippen molar-refractivity contribution in [3.8, 4) is 0 Å². The minimum Gasteiger partial charge on any atom is -0.301 e. The fraction of sp³-hybridized carbons (Fsp3) is 0. The largest absolute Gasteiger partial charge is 0.301 e. The minimum absolute atomic E-state index is 0.983. The van der Waals surface area contributed by atoms with Crippen LogP contribution in [0.3, 0.4) is 0 Å². The van der Waals surface area contributed by atoms with Crippen molar-refractivity contribution in [2.24, 2.45) is 0 Å². The SMILES string of the molecule is C1=C\C=C/C(NNc2ccccccccc2)=C\C=C/1. The fourth-order valence-corrected chi connectivity index (χ4v) is 1.57. The van der Waals surface area contributed by atoms with Crippen molar-refractivity contribution in [2.45, 2.75) is 0 Å². The third-order valence-corrected chi connectivity index (χ3v) is 2.57. The Hall–Kier alpha value is -2.74. The van der Waals surface area contributed by atoms with Crippen LogP contribution >= 0.6 is 0 Å². The van der Waals surface area contributed by atoms with Crippen LogP contribution in [0.4, 0.5) is 5.69 Å². The van der Waals surface area contributed by atoms with Crippen LogP contribution in [0, 0.1) is 0 Å². The molecule has 0 bridgehead atoms. The van der Waals surface area contributed by atoms with E-state index in [4.69, 9.17) is 0 Å². The van der Waals surface area contributed by atoms with Gasteiger partial charge in [-0.2, -0.15) is 0 Å². The third-order valence-electron chi connectivity index (χ3n) is 2.57. The van der Waals surface area contributed by atoms with E-state index >= 15 is 0 Å². The van der Waals surface area contributed by atoms with Gasteiger partial charge in [0.2, 0.25) is 0 Å². The third kappa shape index (κ3) is 5.27. The molecule has 0 heterocycles. The summed E-state index contributed by atoms with van der Waals surface area (Å²) < 4.78 is 0. The summed E-state index contributed by atoms with van der Waals surface area (Å²) in [4.78, 5) is 0. The van der Waals surface area contributed by atoms with Gasteiger partial charge in [-0.3, -0.25) is 0 Å². The number of hydrogen-bond acceptors (Lipinski definition) is 2. The molecule has 0 saturated carbocycles. The Balaban J connectivity index is 2.07. The number of hydrazine groups is 1. The van der Waals surface area contributed by atoms with Crippen molar-refractivity contribution in [1.82, 2.24) is 5.43 Å². The van der Waals surface area contributed by atoms with Crippen LogP contribution in [0.2, 0.25) is 0 Å². The lowest BCUT2D eigenvalue weighted by molar-refractivity contribution is 0.998. The van der Waals surface area contributed by atoms with Crippen LogP contribution in [0.25, 0.3) is 0 Å². The maximum absolute atomic E-state index is 3.19. The second kappa shape index (κ2) is 8.38. The lowest BCUT2D eigenvalue weighted by Crippen LogP contribution is -2.19. The standard InChI is InChI=1S/C18H18N2/c1-2-5-9-13-17(14-10-6-3-1)19-20-18-15-11-7-4-8-12-16-18/h1-16,19-20H/b2-1?,3-1?,5-2?,6-3?,7-4-,8-4?,9-5?,10-6?,11-7?,12-8-,13-9?,14-10?,15-11-,16-12?,17-13?,17-14?,18-15?,18-16+. The molecule has 0 amide bonds. The molecule has 0 aromatic heterocycles. The zero-order valence-electron chi connectivity index (χ0n) is 11.2. The Kier molecular flexibility index (Phi) is 5.73. The Bertz CT molecular complexity index is 569. The van der Waals surface area contributed by atoms with Crippen LogP contribution in [0.5, 0.6) is 0 Å². The van der Waals surface area contributed by atoms with Crippen molar-refractivity contribution in [3.63, 3.8) is 0 Å². The zero-order chi connectivity index (χ0) is 13.9. The van der Waals surface area contributed by atoms with Gasteiger partial charge in [-0.15, -0.1) is 0 Å². The highest BCUT2D eigenvalue weighted by molar-refractivity contribution is 5.41. The van der Waals surface area contributed by atoms with E-state index in [0.29, 0.717) is 0 Å². The van der Waals surface area contributed by atoms with Crippen LogP contribution in [-0.2, 0) is 0 Å². The van der Waals surface area contributed by atoms with Crippen molar-refractivity contribution in [3.05, 3.63) is 103 Å². The van der Waals surface area contributed by atoms with Gasteiger partial charge in [0.05, 0.1) is 11.4 Å². The highest BCUT2D eigenvalue weighted by atomic mass is 15.4. The Labute approximate surface area is 120 Å². The van der Waals surface area contributed by atoms with Crippen LogP contribution < -0.4 is 10.9 Å². The van der Waals surface area contributed by atoms with Gasteiger partial charge in [-0.1, -0.05) is 72.8 Å². The highest BCUT2D eigenvalue weighted by Crippen LogP contribution is 2.03. The van der Waals surface area contributed by atoms with Crippen molar-refractivity contribution >= 4 is 5.69 Å². The summed E-state index contributed by atoms with van der Waals surface area (Å²) in [5.74, 6) is 0. The number of allylic oxidation sites excluding steroid dienone is 7. The Morgan fingerprint density at radius 2 is 1.15 bits per heavy atom. The average molecular weight is 262 g/mol. The lowest BCUT2D eigenvalue weighted by Gasteiger charge is -2.09. The van der Waals surface area contributed by atoms with Crippen LogP contribution in [-0.4, -0.2) is 0 Å². The monoisotopic (exact) mass is 262 g/mol. The minimum atomic E-state index is 0.983. The van der Waals surface area contributed by atoms with E-state index in [1.165, 1.54) is 0 Å². The molecule has 1 aromatic carbocycles. The van der Waals surface area contributed by atoms with Crippen molar-refractivity contribution in [2.75, 3.05) is 5.43 Å². The smallest absolute Gasteiger partial charge is 0.0539 e. The normalized spacial score (nSPS) is 20.1. The second-order valence-corrected chi connectivity index (χ2v) is 4.14. The Morgan fingerprint density at radius 3 is 1.90 bits per heavy atom. The summed E-state index contributed by atoms with van der Waals surface area (Å²) in [5, 5.41) is 0. The van der Waals surface area contributed by atoms with Gasteiger partial charge in [0.25, 0.3) is 0 Å². The molecular formula is C18H18N2. The Morgan fingerprint density at radius 1 is 0.550 bits per heavy atom. The summed E-state index contributed by atoms with van der Waals surface area (Å²) in [6, 6.07) is 18.0. The molecule has 1 aliphatic rings. The molecule has 1 aliphatic carbocycles. The molecule has 100 valence electrons. The molecule has 0 atom stereocenters. The molecule has 2 rings (SSSR count). The first kappa shape index (κ1) is 13.7. The molecule has 2 N–H and O–H groups in total. The predicted octanol–water partition coefficient (Wildman–Crippen LogP) is 4.29. The molecule has 0 spiro atoms. The predicted molar refractivity (Wildman–Crippen MR) is 86.3 cm³/mol.